The Labute approximate surface area is 120 Å². The highest BCUT2D eigenvalue weighted by Crippen LogP contribution is 2.29. The van der Waals surface area contributed by atoms with Crippen molar-refractivity contribution in [3.63, 3.8) is 0 Å². The normalized spacial score (nSPS) is 14.9. The van der Waals surface area contributed by atoms with Gasteiger partial charge in [-0.3, -0.25) is 0 Å². The second-order valence-electron chi connectivity index (χ2n) is 5.28. The van der Waals surface area contributed by atoms with Crippen molar-refractivity contribution < 1.29 is 5.11 Å². The molecule has 112 valence electrons. The number of nitrogen functional groups attached to an aromatic ring is 1. The van der Waals surface area contributed by atoms with E-state index in [1.54, 1.807) is 0 Å². The molecule has 0 unspecified atom stereocenters. The molecule has 0 radical (unpaired) electrons. The van der Waals surface area contributed by atoms with Gasteiger partial charge in [0.15, 0.2) is 0 Å². The number of hydrogen-bond acceptors (Lipinski definition) is 6. The van der Waals surface area contributed by atoms with Gasteiger partial charge in [-0.05, 0) is 32.1 Å². The van der Waals surface area contributed by atoms with Gasteiger partial charge < -0.3 is 15.4 Å². The van der Waals surface area contributed by atoms with Gasteiger partial charge in [0.05, 0.1) is 0 Å². The van der Waals surface area contributed by atoms with Crippen LogP contribution in [-0.4, -0.2) is 34.3 Å². The number of nitrogens with one attached hydrogen (secondary N) is 1. The summed E-state index contributed by atoms with van der Waals surface area (Å²) in [5.41, 5.74) is 2.62. The van der Waals surface area contributed by atoms with E-state index in [0.29, 0.717) is 11.9 Å². The highest BCUT2D eigenvalue weighted by Gasteiger charge is 2.26. The van der Waals surface area contributed by atoms with Crippen LogP contribution in [-0.2, 0) is 6.42 Å². The van der Waals surface area contributed by atoms with Gasteiger partial charge in [0.25, 0.3) is 0 Å². The van der Waals surface area contributed by atoms with Gasteiger partial charge in [-0.2, -0.15) is 0 Å². The van der Waals surface area contributed by atoms with Crippen molar-refractivity contribution in [2.24, 2.45) is 5.84 Å². The fourth-order valence-corrected chi connectivity index (χ4v) is 2.46. The molecule has 1 fully saturated rings. The van der Waals surface area contributed by atoms with Crippen molar-refractivity contribution >= 4 is 11.6 Å². The summed E-state index contributed by atoms with van der Waals surface area (Å²) in [5.74, 6) is 7.92. The molecular weight excluding hydrogens is 254 g/mol. The van der Waals surface area contributed by atoms with E-state index in [0.717, 1.165) is 37.4 Å². The van der Waals surface area contributed by atoms with Gasteiger partial charge in [-0.1, -0.05) is 6.92 Å². The molecule has 0 aliphatic heterocycles. The van der Waals surface area contributed by atoms with Crippen molar-refractivity contribution in [1.29, 1.82) is 0 Å². The van der Waals surface area contributed by atoms with Crippen LogP contribution in [0.4, 0.5) is 11.6 Å². The summed E-state index contributed by atoms with van der Waals surface area (Å²) < 4.78 is 0. The zero-order valence-corrected chi connectivity index (χ0v) is 12.2. The van der Waals surface area contributed by atoms with Crippen molar-refractivity contribution in [2.75, 3.05) is 23.5 Å². The molecular formula is C14H25N5O. The number of anilines is 2. The van der Waals surface area contributed by atoms with E-state index in [-0.39, 0.29) is 6.61 Å². The number of rotatable bonds is 8. The predicted molar refractivity (Wildman–Crippen MR) is 80.5 cm³/mol. The zero-order chi connectivity index (χ0) is 14.4. The number of aliphatic hydroxyl groups is 1. The third-order valence-corrected chi connectivity index (χ3v) is 3.75. The van der Waals surface area contributed by atoms with Gasteiger partial charge in [0.1, 0.15) is 17.5 Å². The predicted octanol–water partition coefficient (Wildman–Crippen LogP) is 1.46. The lowest BCUT2D eigenvalue weighted by Crippen LogP contribution is -2.41. The van der Waals surface area contributed by atoms with E-state index < -0.39 is 0 Å². The Bertz CT molecular complexity index is 422. The van der Waals surface area contributed by atoms with E-state index in [2.05, 4.69) is 27.2 Å². The number of hydrazine groups is 1. The van der Waals surface area contributed by atoms with Gasteiger partial charge in [-0.25, -0.2) is 15.8 Å². The van der Waals surface area contributed by atoms with Crippen LogP contribution in [0.5, 0.6) is 0 Å². The highest BCUT2D eigenvalue weighted by molar-refractivity contribution is 5.50. The molecule has 1 aliphatic rings. The monoisotopic (exact) mass is 279 g/mol. The van der Waals surface area contributed by atoms with E-state index in [4.69, 9.17) is 10.9 Å². The van der Waals surface area contributed by atoms with Crippen molar-refractivity contribution in [3.8, 4) is 0 Å². The fraction of sp³-hybridized carbons (Fsp3) is 0.714. The molecule has 0 atom stereocenters. The SMILES string of the molecule is CCCc1nc(NN)cc(N(CCCO)C2CCC2)n1. The molecule has 20 heavy (non-hydrogen) atoms. The van der Waals surface area contributed by atoms with Crippen molar-refractivity contribution in [3.05, 3.63) is 11.9 Å². The number of aryl methyl sites for hydroxylation is 1. The number of nitrogens with zero attached hydrogens (tertiary/aromatic N) is 3. The number of hydrogen-bond donors (Lipinski definition) is 3. The van der Waals surface area contributed by atoms with Crippen LogP contribution < -0.4 is 16.2 Å². The summed E-state index contributed by atoms with van der Waals surface area (Å²) in [4.78, 5) is 11.3. The molecule has 2 rings (SSSR count). The quantitative estimate of drug-likeness (QED) is 0.493. The average molecular weight is 279 g/mol. The molecule has 1 aliphatic carbocycles. The Morgan fingerprint density at radius 1 is 1.45 bits per heavy atom. The lowest BCUT2D eigenvalue weighted by Gasteiger charge is -2.38. The zero-order valence-electron chi connectivity index (χ0n) is 12.2. The largest absolute Gasteiger partial charge is 0.396 e. The van der Waals surface area contributed by atoms with E-state index in [1.807, 2.05) is 6.07 Å². The minimum absolute atomic E-state index is 0.206. The van der Waals surface area contributed by atoms with Crippen LogP contribution in [0.3, 0.4) is 0 Å². The van der Waals surface area contributed by atoms with Gasteiger partial charge >= 0.3 is 0 Å². The third kappa shape index (κ3) is 3.58. The molecule has 1 aromatic heterocycles. The summed E-state index contributed by atoms with van der Waals surface area (Å²) in [6, 6.07) is 2.44. The van der Waals surface area contributed by atoms with E-state index >= 15 is 0 Å². The Morgan fingerprint density at radius 2 is 2.25 bits per heavy atom. The Balaban J connectivity index is 2.22. The second kappa shape index (κ2) is 7.40. The standard InChI is InChI=1S/C14H25N5O/c1-2-5-12-16-13(18-15)10-14(17-12)19(8-4-9-20)11-6-3-7-11/h10-11,20H,2-9,15H2,1H3,(H,16,17,18). The van der Waals surface area contributed by atoms with Gasteiger partial charge in [0.2, 0.25) is 0 Å². The lowest BCUT2D eigenvalue weighted by molar-refractivity contribution is 0.282. The molecule has 0 saturated heterocycles. The molecule has 1 saturated carbocycles. The fourth-order valence-electron chi connectivity index (χ4n) is 2.46. The molecule has 6 nitrogen and oxygen atoms in total. The molecule has 1 aromatic rings. The summed E-state index contributed by atoms with van der Waals surface area (Å²) in [5, 5.41) is 9.08. The molecule has 0 spiro atoms. The van der Waals surface area contributed by atoms with Crippen LogP contribution in [0.25, 0.3) is 0 Å². The highest BCUT2D eigenvalue weighted by atomic mass is 16.3. The summed E-state index contributed by atoms with van der Waals surface area (Å²) >= 11 is 0. The van der Waals surface area contributed by atoms with Gasteiger partial charge in [0, 0.05) is 31.7 Å². The lowest BCUT2D eigenvalue weighted by atomic mass is 9.91. The molecule has 0 aromatic carbocycles. The average Bonchev–Trinajstić information content (AvgIpc) is 2.41. The van der Waals surface area contributed by atoms with Crippen LogP contribution in [0, 0.1) is 0 Å². The first-order valence-corrected chi connectivity index (χ1v) is 7.50. The van der Waals surface area contributed by atoms with Crippen molar-refractivity contribution in [1.82, 2.24) is 9.97 Å². The first-order valence-electron chi connectivity index (χ1n) is 7.50. The maximum atomic E-state index is 9.08. The van der Waals surface area contributed by atoms with Crippen LogP contribution >= 0.6 is 0 Å². The van der Waals surface area contributed by atoms with Crippen LogP contribution in [0.2, 0.25) is 0 Å². The third-order valence-electron chi connectivity index (χ3n) is 3.75. The Morgan fingerprint density at radius 3 is 2.80 bits per heavy atom. The summed E-state index contributed by atoms with van der Waals surface area (Å²) in [6.45, 7) is 3.15. The smallest absolute Gasteiger partial charge is 0.145 e. The van der Waals surface area contributed by atoms with Gasteiger partial charge in [-0.15, -0.1) is 0 Å². The Hall–Kier alpha value is -1.40. The summed E-state index contributed by atoms with van der Waals surface area (Å²) in [6.07, 6.45) is 6.28. The first-order chi connectivity index (χ1) is 9.78. The molecule has 0 bridgehead atoms. The second-order valence-corrected chi connectivity index (χ2v) is 5.28. The Kier molecular flexibility index (Phi) is 5.55. The number of aromatic nitrogens is 2. The number of nitrogens with two attached hydrogens (primary N) is 1. The van der Waals surface area contributed by atoms with Crippen LogP contribution in [0.15, 0.2) is 6.07 Å². The van der Waals surface area contributed by atoms with Crippen molar-refractivity contribution in [2.45, 2.75) is 51.5 Å². The number of aliphatic hydroxyl groups excluding tert-OH is 1. The molecule has 4 N–H and O–H groups in total. The van der Waals surface area contributed by atoms with E-state index in [1.165, 1.54) is 19.3 Å². The maximum Gasteiger partial charge on any atom is 0.145 e. The first kappa shape index (κ1) is 15.0. The maximum absolute atomic E-state index is 9.08. The molecule has 0 amide bonds. The van der Waals surface area contributed by atoms with E-state index in [9.17, 15) is 0 Å². The summed E-state index contributed by atoms with van der Waals surface area (Å²) in [7, 11) is 0. The molecule has 1 heterocycles. The minimum atomic E-state index is 0.206. The topological polar surface area (TPSA) is 87.3 Å². The minimum Gasteiger partial charge on any atom is -0.396 e. The van der Waals surface area contributed by atoms with Crippen LogP contribution in [0.1, 0.15) is 44.9 Å². The molecule has 6 heteroatoms.